The molecule has 0 atom stereocenters. The minimum absolute atomic E-state index is 0.647. The first-order valence-electron chi connectivity index (χ1n) is 7.77. The van der Waals surface area contributed by atoms with Crippen LogP contribution in [0.25, 0.3) is 11.4 Å². The molecule has 22 heavy (non-hydrogen) atoms. The van der Waals surface area contributed by atoms with Gasteiger partial charge in [0.1, 0.15) is 0 Å². The van der Waals surface area contributed by atoms with E-state index in [4.69, 9.17) is 10.1 Å². The quantitative estimate of drug-likeness (QED) is 0.584. The van der Waals surface area contributed by atoms with E-state index in [1.807, 2.05) is 31.2 Å². The lowest BCUT2D eigenvalue weighted by Gasteiger charge is -2.07. The van der Waals surface area contributed by atoms with E-state index in [9.17, 15) is 0 Å². The Morgan fingerprint density at radius 3 is 2.64 bits per heavy atom. The van der Waals surface area contributed by atoms with E-state index in [1.54, 1.807) is 12.4 Å². The normalized spacial score (nSPS) is 10.5. The van der Waals surface area contributed by atoms with Crippen molar-refractivity contribution in [2.45, 2.75) is 39.5 Å². The molecule has 0 aliphatic rings. The standard InChI is InChI=1S/C18H23N3O/c1-3-4-5-9-22-17-12-20-18(21-13-17)16-8-6-7-15(11-16)10-14(2)19/h6-8,11-13,19H,3-5,9-10H2,1-2H3. The van der Waals surface area contributed by atoms with Gasteiger partial charge in [0.2, 0.25) is 0 Å². The van der Waals surface area contributed by atoms with Crippen LogP contribution in [-0.2, 0) is 6.42 Å². The fourth-order valence-electron chi connectivity index (χ4n) is 2.21. The van der Waals surface area contributed by atoms with E-state index in [2.05, 4.69) is 16.9 Å². The van der Waals surface area contributed by atoms with Crippen molar-refractivity contribution in [3.8, 4) is 17.1 Å². The SMILES string of the molecule is CCCCCOc1cnc(-c2cccc(CC(C)=N)c2)nc1. The molecule has 0 saturated heterocycles. The third-order valence-electron chi connectivity index (χ3n) is 3.30. The number of rotatable bonds is 8. The molecule has 2 rings (SSSR count). The van der Waals surface area contributed by atoms with Gasteiger partial charge in [-0.15, -0.1) is 0 Å². The fraction of sp³-hybridized carbons (Fsp3) is 0.389. The lowest BCUT2D eigenvalue weighted by atomic mass is 10.1. The molecule has 0 bridgehead atoms. The Morgan fingerprint density at radius 2 is 1.95 bits per heavy atom. The summed E-state index contributed by atoms with van der Waals surface area (Å²) >= 11 is 0. The molecule has 0 spiro atoms. The van der Waals surface area contributed by atoms with Crippen LogP contribution in [0.5, 0.6) is 5.75 Å². The summed E-state index contributed by atoms with van der Waals surface area (Å²) in [5, 5.41) is 7.58. The van der Waals surface area contributed by atoms with Gasteiger partial charge in [-0.25, -0.2) is 9.97 Å². The Hall–Kier alpha value is -2.23. The molecule has 0 fully saturated rings. The van der Waals surface area contributed by atoms with Gasteiger partial charge in [0.15, 0.2) is 11.6 Å². The molecule has 4 heteroatoms. The van der Waals surface area contributed by atoms with Gasteiger partial charge in [0, 0.05) is 17.7 Å². The van der Waals surface area contributed by atoms with Crippen molar-refractivity contribution in [3.63, 3.8) is 0 Å². The summed E-state index contributed by atoms with van der Waals surface area (Å²) < 4.78 is 5.62. The highest BCUT2D eigenvalue weighted by atomic mass is 16.5. The summed E-state index contributed by atoms with van der Waals surface area (Å²) in [7, 11) is 0. The summed E-state index contributed by atoms with van der Waals surface area (Å²) in [6, 6.07) is 8.02. The van der Waals surface area contributed by atoms with E-state index in [0.717, 1.165) is 17.5 Å². The van der Waals surface area contributed by atoms with Crippen molar-refractivity contribution in [2.75, 3.05) is 6.61 Å². The van der Waals surface area contributed by atoms with E-state index >= 15 is 0 Å². The molecule has 2 aromatic rings. The molecule has 116 valence electrons. The Balaban J connectivity index is 2.02. The second-order valence-corrected chi connectivity index (χ2v) is 5.46. The highest BCUT2D eigenvalue weighted by Crippen LogP contribution is 2.18. The second kappa shape index (κ2) is 8.27. The molecule has 1 aromatic carbocycles. The number of nitrogens with zero attached hydrogens (tertiary/aromatic N) is 2. The number of unbranched alkanes of at least 4 members (excludes halogenated alkanes) is 2. The number of aromatic nitrogens is 2. The predicted octanol–water partition coefficient (Wildman–Crippen LogP) is 4.29. The molecule has 0 unspecified atom stereocenters. The van der Waals surface area contributed by atoms with Crippen LogP contribution >= 0.6 is 0 Å². The topological polar surface area (TPSA) is 58.9 Å². The first-order chi connectivity index (χ1) is 10.7. The molecule has 0 saturated carbocycles. The second-order valence-electron chi connectivity index (χ2n) is 5.46. The van der Waals surface area contributed by atoms with Gasteiger partial charge < -0.3 is 10.1 Å². The summed E-state index contributed by atoms with van der Waals surface area (Å²) in [6.45, 7) is 4.70. The maximum absolute atomic E-state index is 7.58. The number of benzene rings is 1. The van der Waals surface area contributed by atoms with Crippen LogP contribution in [0, 0.1) is 5.41 Å². The Labute approximate surface area is 132 Å². The maximum Gasteiger partial charge on any atom is 0.159 e. The van der Waals surface area contributed by atoms with Crippen molar-refractivity contribution >= 4 is 5.71 Å². The number of ether oxygens (including phenoxy) is 1. The van der Waals surface area contributed by atoms with Crippen LogP contribution in [0.15, 0.2) is 36.7 Å². The molecule has 0 amide bonds. The zero-order valence-electron chi connectivity index (χ0n) is 13.3. The van der Waals surface area contributed by atoms with E-state index in [-0.39, 0.29) is 0 Å². The largest absolute Gasteiger partial charge is 0.490 e. The summed E-state index contributed by atoms with van der Waals surface area (Å²) in [6.07, 6.45) is 7.53. The zero-order chi connectivity index (χ0) is 15.8. The van der Waals surface area contributed by atoms with Gasteiger partial charge in [-0.2, -0.15) is 0 Å². The minimum atomic E-state index is 0.647. The predicted molar refractivity (Wildman–Crippen MR) is 89.6 cm³/mol. The van der Waals surface area contributed by atoms with Crippen LogP contribution in [0.3, 0.4) is 0 Å². The molecular weight excluding hydrogens is 274 g/mol. The zero-order valence-corrected chi connectivity index (χ0v) is 13.3. The van der Waals surface area contributed by atoms with Crippen LogP contribution < -0.4 is 4.74 Å². The summed E-state index contributed by atoms with van der Waals surface area (Å²) in [5.74, 6) is 1.40. The first kappa shape index (κ1) is 16.1. The van der Waals surface area contributed by atoms with Gasteiger partial charge in [0.25, 0.3) is 0 Å². The van der Waals surface area contributed by atoms with Crippen molar-refractivity contribution in [1.29, 1.82) is 5.41 Å². The van der Waals surface area contributed by atoms with E-state index < -0.39 is 0 Å². The molecule has 0 aliphatic heterocycles. The average molecular weight is 297 g/mol. The molecular formula is C18H23N3O. The molecule has 0 aliphatic carbocycles. The highest BCUT2D eigenvalue weighted by molar-refractivity contribution is 5.81. The van der Waals surface area contributed by atoms with Crippen molar-refractivity contribution < 1.29 is 4.74 Å². The Kier molecular flexibility index (Phi) is 6.07. The lowest BCUT2D eigenvalue weighted by molar-refractivity contribution is 0.304. The van der Waals surface area contributed by atoms with Crippen LogP contribution in [-0.4, -0.2) is 22.3 Å². The average Bonchev–Trinajstić information content (AvgIpc) is 2.52. The van der Waals surface area contributed by atoms with Crippen LogP contribution in [0.4, 0.5) is 0 Å². The van der Waals surface area contributed by atoms with Crippen molar-refractivity contribution in [2.24, 2.45) is 0 Å². The lowest BCUT2D eigenvalue weighted by Crippen LogP contribution is -1.99. The number of hydrogen-bond donors (Lipinski definition) is 1. The van der Waals surface area contributed by atoms with Crippen LogP contribution in [0.1, 0.15) is 38.7 Å². The number of nitrogens with one attached hydrogen (secondary N) is 1. The Bertz CT molecular complexity index is 608. The molecule has 1 heterocycles. The van der Waals surface area contributed by atoms with Crippen LogP contribution in [0.2, 0.25) is 0 Å². The van der Waals surface area contributed by atoms with Crippen molar-refractivity contribution in [3.05, 3.63) is 42.2 Å². The fourth-order valence-corrected chi connectivity index (χ4v) is 2.21. The first-order valence-corrected chi connectivity index (χ1v) is 7.77. The Morgan fingerprint density at radius 1 is 1.18 bits per heavy atom. The minimum Gasteiger partial charge on any atom is -0.490 e. The molecule has 1 aromatic heterocycles. The van der Waals surface area contributed by atoms with E-state index in [0.29, 0.717) is 30.3 Å². The van der Waals surface area contributed by atoms with Crippen molar-refractivity contribution in [1.82, 2.24) is 9.97 Å². The molecule has 1 N–H and O–H groups in total. The molecule has 4 nitrogen and oxygen atoms in total. The number of hydrogen-bond acceptors (Lipinski definition) is 4. The van der Waals surface area contributed by atoms with Gasteiger partial charge >= 0.3 is 0 Å². The van der Waals surface area contributed by atoms with Gasteiger partial charge in [-0.3, -0.25) is 0 Å². The van der Waals surface area contributed by atoms with Gasteiger partial charge in [-0.1, -0.05) is 38.0 Å². The van der Waals surface area contributed by atoms with Gasteiger partial charge in [0.05, 0.1) is 19.0 Å². The maximum atomic E-state index is 7.58. The summed E-state index contributed by atoms with van der Waals surface area (Å²) in [5.41, 5.74) is 2.72. The van der Waals surface area contributed by atoms with E-state index in [1.165, 1.54) is 12.8 Å². The monoisotopic (exact) mass is 297 g/mol. The third-order valence-corrected chi connectivity index (χ3v) is 3.30. The molecule has 0 radical (unpaired) electrons. The summed E-state index contributed by atoms with van der Waals surface area (Å²) in [4.78, 5) is 8.76. The highest BCUT2D eigenvalue weighted by Gasteiger charge is 2.04. The third kappa shape index (κ3) is 4.95. The van der Waals surface area contributed by atoms with Gasteiger partial charge in [-0.05, 0) is 25.0 Å². The smallest absolute Gasteiger partial charge is 0.159 e.